The summed E-state index contributed by atoms with van der Waals surface area (Å²) in [6.45, 7) is 7.18. The van der Waals surface area contributed by atoms with Crippen LogP contribution in [0.1, 0.15) is 38.3 Å². The number of benzene rings is 2. The fourth-order valence-electron chi connectivity index (χ4n) is 3.67. The van der Waals surface area contributed by atoms with Crippen LogP contribution in [-0.2, 0) is 26.2 Å². The highest BCUT2D eigenvalue weighted by Crippen LogP contribution is 2.36. The number of sulfonamides is 1. The average molecular weight is 504 g/mol. The molecule has 2 aromatic carbocycles. The lowest BCUT2D eigenvalue weighted by molar-refractivity contribution is -0.139. The van der Waals surface area contributed by atoms with Crippen molar-refractivity contribution >= 4 is 27.5 Å². The Balaban J connectivity index is 1.92. The summed E-state index contributed by atoms with van der Waals surface area (Å²) in [6.07, 6.45) is 1.78. The van der Waals surface area contributed by atoms with E-state index >= 15 is 0 Å². The zero-order chi connectivity index (χ0) is 25.8. The molecule has 2 unspecified atom stereocenters. The van der Waals surface area contributed by atoms with Crippen LogP contribution >= 0.6 is 0 Å². The Kier molecular flexibility index (Phi) is 8.26. The molecule has 0 radical (unpaired) electrons. The Morgan fingerprint density at radius 2 is 1.77 bits per heavy atom. The average Bonchev–Trinajstić information content (AvgIpc) is 3.28. The van der Waals surface area contributed by atoms with Gasteiger partial charge in [-0.3, -0.25) is 13.9 Å². The third-order valence-corrected chi connectivity index (χ3v) is 7.23. The molecule has 1 aliphatic heterocycles. The second kappa shape index (κ2) is 11.0. The monoisotopic (exact) mass is 503 g/mol. The summed E-state index contributed by atoms with van der Waals surface area (Å²) in [5.74, 6) is 0.116. The van der Waals surface area contributed by atoms with E-state index in [9.17, 15) is 18.0 Å². The van der Waals surface area contributed by atoms with Crippen LogP contribution in [0.25, 0.3) is 0 Å². The van der Waals surface area contributed by atoms with Crippen LogP contribution < -0.4 is 19.1 Å². The molecule has 0 aromatic heterocycles. The maximum absolute atomic E-state index is 13.6. The van der Waals surface area contributed by atoms with Crippen molar-refractivity contribution in [1.29, 1.82) is 0 Å². The molecule has 0 saturated heterocycles. The van der Waals surface area contributed by atoms with Crippen molar-refractivity contribution in [3.05, 3.63) is 53.6 Å². The Labute approximate surface area is 207 Å². The number of fused-ring (bicyclic) bond motifs is 1. The van der Waals surface area contributed by atoms with E-state index in [1.54, 1.807) is 19.1 Å². The molecule has 35 heavy (non-hydrogen) atoms. The van der Waals surface area contributed by atoms with Crippen molar-refractivity contribution in [3.63, 3.8) is 0 Å². The summed E-state index contributed by atoms with van der Waals surface area (Å²) >= 11 is 0. The van der Waals surface area contributed by atoms with E-state index < -0.39 is 28.5 Å². The van der Waals surface area contributed by atoms with E-state index in [2.05, 4.69) is 5.32 Å². The molecule has 190 valence electrons. The van der Waals surface area contributed by atoms with Gasteiger partial charge in [0.25, 0.3) is 0 Å². The van der Waals surface area contributed by atoms with Gasteiger partial charge in [0.15, 0.2) is 11.5 Å². The second-order valence-electron chi connectivity index (χ2n) is 8.75. The largest absolute Gasteiger partial charge is 0.454 e. The van der Waals surface area contributed by atoms with E-state index in [4.69, 9.17) is 9.47 Å². The normalized spacial score (nSPS) is 14.2. The SMILES string of the molecule is CCC(C)NC(=O)C(C)N(Cc1ccccc1C)C(=O)CN(c1ccc2c(c1)OCO2)S(C)(=O)=O. The molecule has 2 amide bonds. The predicted molar refractivity (Wildman–Crippen MR) is 134 cm³/mol. The Morgan fingerprint density at radius 1 is 1.09 bits per heavy atom. The molecule has 10 heteroatoms. The summed E-state index contributed by atoms with van der Waals surface area (Å²) in [4.78, 5) is 28.0. The number of hydrogen-bond donors (Lipinski definition) is 1. The van der Waals surface area contributed by atoms with E-state index in [0.717, 1.165) is 28.1 Å². The molecule has 0 saturated carbocycles. The zero-order valence-corrected chi connectivity index (χ0v) is 21.6. The molecule has 0 fully saturated rings. The zero-order valence-electron chi connectivity index (χ0n) is 20.8. The number of carbonyl (C=O) groups excluding carboxylic acids is 2. The summed E-state index contributed by atoms with van der Waals surface area (Å²) in [7, 11) is -3.82. The van der Waals surface area contributed by atoms with E-state index in [1.165, 1.54) is 11.0 Å². The lowest BCUT2D eigenvalue weighted by Crippen LogP contribution is -2.52. The smallest absolute Gasteiger partial charge is 0.244 e. The molecule has 2 atom stereocenters. The fraction of sp³-hybridized carbons (Fsp3) is 0.440. The number of ether oxygens (including phenoxy) is 2. The molecule has 0 spiro atoms. The van der Waals surface area contributed by atoms with Gasteiger partial charge in [-0.1, -0.05) is 31.2 Å². The van der Waals surface area contributed by atoms with Gasteiger partial charge in [0.05, 0.1) is 11.9 Å². The first kappa shape index (κ1) is 26.3. The second-order valence-corrected chi connectivity index (χ2v) is 10.7. The highest BCUT2D eigenvalue weighted by Gasteiger charge is 2.31. The fourth-order valence-corrected chi connectivity index (χ4v) is 4.51. The summed E-state index contributed by atoms with van der Waals surface area (Å²) < 4.78 is 37.1. The highest BCUT2D eigenvalue weighted by molar-refractivity contribution is 7.92. The lowest BCUT2D eigenvalue weighted by Gasteiger charge is -2.32. The molecular formula is C25H33N3O6S. The van der Waals surface area contributed by atoms with Crippen LogP contribution in [0.5, 0.6) is 11.5 Å². The lowest BCUT2D eigenvalue weighted by atomic mass is 10.1. The van der Waals surface area contributed by atoms with E-state index in [-0.39, 0.29) is 31.0 Å². The molecule has 1 heterocycles. The summed E-state index contributed by atoms with van der Waals surface area (Å²) in [5.41, 5.74) is 2.12. The van der Waals surface area contributed by atoms with Crippen LogP contribution in [0.15, 0.2) is 42.5 Å². The third kappa shape index (κ3) is 6.45. The van der Waals surface area contributed by atoms with Crippen LogP contribution in [0.4, 0.5) is 5.69 Å². The molecule has 2 aromatic rings. The number of anilines is 1. The van der Waals surface area contributed by atoms with E-state index in [0.29, 0.717) is 11.5 Å². The number of rotatable bonds is 10. The van der Waals surface area contributed by atoms with Gasteiger partial charge in [-0.25, -0.2) is 8.42 Å². The van der Waals surface area contributed by atoms with Crippen molar-refractivity contribution in [3.8, 4) is 11.5 Å². The molecule has 1 aliphatic rings. The van der Waals surface area contributed by atoms with Crippen LogP contribution in [0, 0.1) is 6.92 Å². The van der Waals surface area contributed by atoms with Crippen LogP contribution in [0.2, 0.25) is 0 Å². The van der Waals surface area contributed by atoms with Crippen LogP contribution in [-0.4, -0.2) is 56.8 Å². The standard InChI is InChI=1S/C25H33N3O6S/c1-6-18(3)26-25(30)19(4)27(14-20-10-8-7-9-17(20)2)24(29)15-28(35(5,31)32)21-11-12-22-23(13-21)34-16-33-22/h7-13,18-19H,6,14-16H2,1-5H3,(H,26,30). The Hall–Kier alpha value is -3.27. The quantitative estimate of drug-likeness (QED) is 0.535. The summed E-state index contributed by atoms with van der Waals surface area (Å²) in [5, 5.41) is 2.91. The predicted octanol–water partition coefficient (Wildman–Crippen LogP) is 2.82. The topological polar surface area (TPSA) is 105 Å². The molecule has 1 N–H and O–H groups in total. The maximum atomic E-state index is 13.6. The van der Waals surface area contributed by atoms with Gasteiger partial charge in [0.1, 0.15) is 12.6 Å². The molecular weight excluding hydrogens is 470 g/mol. The molecule has 0 aliphatic carbocycles. The minimum atomic E-state index is -3.82. The van der Waals surface area contributed by atoms with Gasteiger partial charge in [-0.2, -0.15) is 0 Å². The number of amides is 2. The minimum absolute atomic E-state index is 0.0452. The Morgan fingerprint density at radius 3 is 2.43 bits per heavy atom. The maximum Gasteiger partial charge on any atom is 0.244 e. The van der Waals surface area contributed by atoms with Crippen molar-refractivity contribution in [1.82, 2.24) is 10.2 Å². The summed E-state index contributed by atoms with van der Waals surface area (Å²) in [6, 6.07) is 11.4. The number of hydrogen-bond acceptors (Lipinski definition) is 6. The number of carbonyl (C=O) groups is 2. The first-order valence-electron chi connectivity index (χ1n) is 11.5. The number of nitrogens with zero attached hydrogens (tertiary/aromatic N) is 2. The highest BCUT2D eigenvalue weighted by atomic mass is 32.2. The van der Waals surface area contributed by atoms with Crippen LogP contribution in [0.3, 0.4) is 0 Å². The Bertz CT molecular complexity index is 1180. The van der Waals surface area contributed by atoms with Crippen molar-refractivity contribution in [2.24, 2.45) is 0 Å². The van der Waals surface area contributed by atoms with Gasteiger partial charge in [0.2, 0.25) is 28.6 Å². The van der Waals surface area contributed by atoms with Gasteiger partial charge in [0, 0.05) is 18.7 Å². The van der Waals surface area contributed by atoms with Crippen molar-refractivity contribution in [2.45, 2.75) is 52.7 Å². The van der Waals surface area contributed by atoms with Gasteiger partial charge in [-0.15, -0.1) is 0 Å². The minimum Gasteiger partial charge on any atom is -0.454 e. The molecule has 3 rings (SSSR count). The van der Waals surface area contributed by atoms with Gasteiger partial charge >= 0.3 is 0 Å². The van der Waals surface area contributed by atoms with Crippen molar-refractivity contribution in [2.75, 3.05) is 23.9 Å². The first-order chi connectivity index (χ1) is 16.5. The van der Waals surface area contributed by atoms with Gasteiger partial charge in [-0.05, 0) is 50.5 Å². The number of aryl methyl sites for hydroxylation is 1. The molecule has 0 bridgehead atoms. The third-order valence-electron chi connectivity index (χ3n) is 6.09. The van der Waals surface area contributed by atoms with Gasteiger partial charge < -0.3 is 19.7 Å². The van der Waals surface area contributed by atoms with Crippen molar-refractivity contribution < 1.29 is 27.5 Å². The number of nitrogens with one attached hydrogen (secondary N) is 1. The molecule has 9 nitrogen and oxygen atoms in total. The first-order valence-corrected chi connectivity index (χ1v) is 13.4. The van der Waals surface area contributed by atoms with E-state index in [1.807, 2.05) is 45.0 Å².